The molecule has 0 aliphatic carbocycles. The summed E-state index contributed by atoms with van der Waals surface area (Å²) in [6.07, 6.45) is 1.60. The van der Waals surface area contributed by atoms with Gasteiger partial charge in [-0.2, -0.15) is 0 Å². The van der Waals surface area contributed by atoms with E-state index in [1.54, 1.807) is 41.1 Å². The van der Waals surface area contributed by atoms with Crippen LogP contribution in [0, 0.1) is 12.7 Å². The highest BCUT2D eigenvalue weighted by Crippen LogP contribution is 2.25. The number of anilines is 1. The van der Waals surface area contributed by atoms with Crippen molar-refractivity contribution in [3.8, 4) is 0 Å². The van der Waals surface area contributed by atoms with Crippen LogP contribution in [0.5, 0.6) is 0 Å². The molecule has 4 rings (SSSR count). The predicted octanol–water partition coefficient (Wildman–Crippen LogP) is 5.61. The van der Waals surface area contributed by atoms with Gasteiger partial charge < -0.3 is 9.88 Å². The molecule has 0 bridgehead atoms. The van der Waals surface area contributed by atoms with Crippen molar-refractivity contribution in [1.82, 2.24) is 4.57 Å². The number of para-hydroxylation sites is 1. The van der Waals surface area contributed by atoms with Gasteiger partial charge in [0.25, 0.3) is 0 Å². The highest BCUT2D eigenvalue weighted by molar-refractivity contribution is 6.31. The van der Waals surface area contributed by atoms with E-state index in [9.17, 15) is 14.0 Å². The lowest BCUT2D eigenvalue weighted by molar-refractivity contribution is -0.116. The van der Waals surface area contributed by atoms with Gasteiger partial charge in [0.1, 0.15) is 12.4 Å². The summed E-state index contributed by atoms with van der Waals surface area (Å²) in [4.78, 5) is 25.6. The zero-order valence-electron chi connectivity index (χ0n) is 16.2. The Kier molecular flexibility index (Phi) is 5.38. The van der Waals surface area contributed by atoms with Gasteiger partial charge in [0, 0.05) is 33.4 Å². The second-order valence-corrected chi connectivity index (χ2v) is 7.42. The first kappa shape index (κ1) is 19.9. The van der Waals surface area contributed by atoms with E-state index in [2.05, 4.69) is 5.32 Å². The Morgan fingerprint density at radius 2 is 1.73 bits per heavy atom. The van der Waals surface area contributed by atoms with Crippen molar-refractivity contribution in [1.29, 1.82) is 0 Å². The van der Waals surface area contributed by atoms with Crippen molar-refractivity contribution >= 4 is 39.9 Å². The molecule has 1 heterocycles. The Morgan fingerprint density at radius 3 is 2.50 bits per heavy atom. The molecule has 0 spiro atoms. The number of carbonyl (C=O) groups is 2. The fourth-order valence-electron chi connectivity index (χ4n) is 3.37. The fourth-order valence-corrected chi connectivity index (χ4v) is 3.56. The number of nitrogens with one attached hydrogen (secondary N) is 1. The van der Waals surface area contributed by atoms with E-state index >= 15 is 0 Å². The van der Waals surface area contributed by atoms with Crippen molar-refractivity contribution in [2.45, 2.75) is 13.5 Å². The predicted molar refractivity (Wildman–Crippen MR) is 117 cm³/mol. The molecular weight excluding hydrogens is 403 g/mol. The zero-order chi connectivity index (χ0) is 21.3. The lowest BCUT2D eigenvalue weighted by Gasteiger charge is -2.08. The second-order valence-electron chi connectivity index (χ2n) is 7.01. The van der Waals surface area contributed by atoms with E-state index in [0.717, 1.165) is 5.56 Å². The lowest BCUT2D eigenvalue weighted by Crippen LogP contribution is -2.18. The summed E-state index contributed by atoms with van der Waals surface area (Å²) in [7, 11) is 0. The standard InChI is InChI=1S/C24H18ClFN2O2/c1-15-10-11-16(12-20(15)25)27-23(29)14-28-13-19(17-6-3-5-9-22(17)28)24(30)18-7-2-4-8-21(18)26/h2-13H,14H2,1H3,(H,27,29). The number of aromatic nitrogens is 1. The van der Waals surface area contributed by atoms with Crippen molar-refractivity contribution in [2.75, 3.05) is 5.32 Å². The maximum absolute atomic E-state index is 14.1. The number of hydrogen-bond acceptors (Lipinski definition) is 2. The topological polar surface area (TPSA) is 51.1 Å². The van der Waals surface area contributed by atoms with Crippen molar-refractivity contribution < 1.29 is 14.0 Å². The summed E-state index contributed by atoms with van der Waals surface area (Å²) in [6.45, 7) is 1.88. The molecule has 3 aromatic carbocycles. The molecule has 30 heavy (non-hydrogen) atoms. The van der Waals surface area contributed by atoms with Crippen LogP contribution in [0.15, 0.2) is 72.9 Å². The van der Waals surface area contributed by atoms with Gasteiger partial charge in [-0.3, -0.25) is 9.59 Å². The van der Waals surface area contributed by atoms with E-state index in [0.29, 0.717) is 27.2 Å². The first-order valence-corrected chi connectivity index (χ1v) is 9.75. The molecule has 1 aromatic heterocycles. The molecule has 150 valence electrons. The maximum atomic E-state index is 14.1. The summed E-state index contributed by atoms with van der Waals surface area (Å²) in [6, 6.07) is 18.4. The molecule has 0 unspecified atom stereocenters. The highest BCUT2D eigenvalue weighted by Gasteiger charge is 2.20. The Morgan fingerprint density at radius 1 is 1.00 bits per heavy atom. The molecule has 0 radical (unpaired) electrons. The molecule has 4 nitrogen and oxygen atoms in total. The van der Waals surface area contributed by atoms with Crippen LogP contribution in [-0.4, -0.2) is 16.3 Å². The molecule has 1 N–H and O–H groups in total. The van der Waals surface area contributed by atoms with Crippen LogP contribution in [0.4, 0.5) is 10.1 Å². The van der Waals surface area contributed by atoms with Crippen LogP contribution in [0.1, 0.15) is 21.5 Å². The van der Waals surface area contributed by atoms with Crippen LogP contribution in [0.25, 0.3) is 10.9 Å². The number of fused-ring (bicyclic) bond motifs is 1. The van der Waals surface area contributed by atoms with Gasteiger partial charge >= 0.3 is 0 Å². The van der Waals surface area contributed by atoms with E-state index < -0.39 is 11.6 Å². The number of aryl methyl sites for hydroxylation is 1. The first-order valence-electron chi connectivity index (χ1n) is 9.37. The minimum absolute atomic E-state index is 0.000785. The summed E-state index contributed by atoms with van der Waals surface area (Å²) in [5, 5.41) is 4.04. The molecule has 0 fully saturated rings. The Balaban J connectivity index is 1.65. The minimum Gasteiger partial charge on any atom is -0.337 e. The smallest absolute Gasteiger partial charge is 0.244 e. The number of carbonyl (C=O) groups excluding carboxylic acids is 2. The van der Waals surface area contributed by atoms with Crippen molar-refractivity contribution in [2.24, 2.45) is 0 Å². The Bertz CT molecular complexity index is 1280. The van der Waals surface area contributed by atoms with Gasteiger partial charge in [-0.1, -0.05) is 48.0 Å². The maximum Gasteiger partial charge on any atom is 0.244 e. The SMILES string of the molecule is Cc1ccc(NC(=O)Cn2cc(C(=O)c3ccccc3F)c3ccccc32)cc1Cl. The number of halogens is 2. The van der Waals surface area contributed by atoms with Crippen molar-refractivity contribution in [3.63, 3.8) is 0 Å². The summed E-state index contributed by atoms with van der Waals surface area (Å²) in [5.74, 6) is -1.26. The fraction of sp³-hybridized carbons (Fsp3) is 0.0833. The molecule has 4 aromatic rings. The number of ketones is 1. The van der Waals surface area contributed by atoms with Gasteiger partial charge in [0.15, 0.2) is 5.78 Å². The van der Waals surface area contributed by atoms with Crippen molar-refractivity contribution in [3.05, 3.63) is 100 Å². The minimum atomic E-state index is -0.576. The average Bonchev–Trinajstić information content (AvgIpc) is 3.09. The largest absolute Gasteiger partial charge is 0.337 e. The van der Waals surface area contributed by atoms with Gasteiger partial charge in [-0.05, 0) is 42.8 Å². The van der Waals surface area contributed by atoms with Crippen LogP contribution in [0.2, 0.25) is 5.02 Å². The van der Waals surface area contributed by atoms with Gasteiger partial charge in [0.2, 0.25) is 5.91 Å². The third-order valence-corrected chi connectivity index (χ3v) is 5.33. The summed E-state index contributed by atoms with van der Waals surface area (Å²) < 4.78 is 15.8. The molecule has 1 amide bonds. The first-order chi connectivity index (χ1) is 14.4. The number of nitrogens with zero attached hydrogens (tertiary/aromatic N) is 1. The van der Waals surface area contributed by atoms with Gasteiger partial charge in [0.05, 0.1) is 5.56 Å². The van der Waals surface area contributed by atoms with E-state index in [-0.39, 0.29) is 18.0 Å². The Labute approximate surface area is 177 Å². The number of amides is 1. The molecular formula is C24H18ClFN2O2. The number of rotatable bonds is 5. The highest BCUT2D eigenvalue weighted by atomic mass is 35.5. The molecule has 0 saturated carbocycles. The monoisotopic (exact) mass is 420 g/mol. The third-order valence-electron chi connectivity index (χ3n) is 4.92. The molecule has 0 atom stereocenters. The normalized spacial score (nSPS) is 10.9. The Hall–Kier alpha value is -3.44. The molecule has 6 heteroatoms. The van der Waals surface area contributed by atoms with Crippen LogP contribution in [0.3, 0.4) is 0 Å². The third kappa shape index (κ3) is 3.84. The quantitative estimate of drug-likeness (QED) is 0.426. The lowest BCUT2D eigenvalue weighted by atomic mass is 10.0. The number of hydrogen-bond donors (Lipinski definition) is 1. The second kappa shape index (κ2) is 8.13. The molecule has 0 aliphatic rings. The summed E-state index contributed by atoms with van der Waals surface area (Å²) >= 11 is 6.12. The van der Waals surface area contributed by atoms with E-state index in [1.807, 2.05) is 25.1 Å². The molecule has 0 saturated heterocycles. The van der Waals surface area contributed by atoms with E-state index in [4.69, 9.17) is 11.6 Å². The zero-order valence-corrected chi connectivity index (χ0v) is 16.9. The van der Waals surface area contributed by atoms with E-state index in [1.165, 1.54) is 18.2 Å². The average molecular weight is 421 g/mol. The van der Waals surface area contributed by atoms with Gasteiger partial charge in [-0.25, -0.2) is 4.39 Å². The van der Waals surface area contributed by atoms with Gasteiger partial charge in [-0.15, -0.1) is 0 Å². The van der Waals surface area contributed by atoms with Crippen LogP contribution >= 0.6 is 11.6 Å². The van der Waals surface area contributed by atoms with Crippen LogP contribution in [-0.2, 0) is 11.3 Å². The van der Waals surface area contributed by atoms with Crippen LogP contribution < -0.4 is 5.32 Å². The summed E-state index contributed by atoms with van der Waals surface area (Å²) in [5.41, 5.74) is 2.58. The molecule has 0 aliphatic heterocycles. The number of benzene rings is 3.